The maximum Gasteiger partial charge on any atom is 0.344 e. The van der Waals surface area contributed by atoms with Crippen LogP contribution < -0.4 is 5.73 Å². The van der Waals surface area contributed by atoms with E-state index in [1.165, 1.54) is 0 Å². The van der Waals surface area contributed by atoms with E-state index >= 15 is 0 Å². The van der Waals surface area contributed by atoms with Crippen LogP contribution >= 0.6 is 0 Å². The van der Waals surface area contributed by atoms with E-state index in [4.69, 9.17) is 4.74 Å². The predicted octanol–water partition coefficient (Wildman–Crippen LogP) is 1.24. The third-order valence-electron chi connectivity index (χ3n) is 4.25. The summed E-state index contributed by atoms with van der Waals surface area (Å²) in [5.74, 6) is 4.79. The second-order valence-electron chi connectivity index (χ2n) is 5.65. The first-order chi connectivity index (χ1) is 10.7. The predicted molar refractivity (Wildman–Crippen MR) is 83.4 cm³/mol. The van der Waals surface area contributed by atoms with E-state index in [2.05, 4.69) is 17.6 Å². The fourth-order valence-electron chi connectivity index (χ4n) is 3.08. The van der Waals surface area contributed by atoms with Gasteiger partial charge in [-0.3, -0.25) is 0 Å². The van der Waals surface area contributed by atoms with Gasteiger partial charge in [-0.25, -0.2) is 4.79 Å². The fraction of sp³-hybridized carbons (Fsp3) is 0.500. The first kappa shape index (κ1) is 16.5. The van der Waals surface area contributed by atoms with Crippen molar-refractivity contribution in [1.82, 2.24) is 0 Å². The zero-order chi connectivity index (χ0) is 15.8. The van der Waals surface area contributed by atoms with Gasteiger partial charge in [0.15, 0.2) is 12.2 Å². The number of hydrogen-bond acceptors (Lipinski definition) is 3. The van der Waals surface area contributed by atoms with Crippen LogP contribution in [0.5, 0.6) is 0 Å². The highest BCUT2D eigenvalue weighted by Crippen LogP contribution is 2.40. The summed E-state index contributed by atoms with van der Waals surface area (Å²) in [7, 11) is 0. The van der Waals surface area contributed by atoms with Gasteiger partial charge in [0.05, 0.1) is 0 Å². The molecule has 1 aliphatic rings. The van der Waals surface area contributed by atoms with Crippen LogP contribution in [0.3, 0.4) is 0 Å². The standard InChI is InChI=1S/C18H23NO3/c19-13-7-8-14-22-17(20)18(21,15-9-3-1-4-10-15)16-11-5-2-6-12-16/h1,3-4,9-10,16,21H,2,5-6,11-14,19H2/p+1. The van der Waals surface area contributed by atoms with Crippen LogP contribution in [-0.4, -0.2) is 24.2 Å². The van der Waals surface area contributed by atoms with Gasteiger partial charge in [0.2, 0.25) is 0 Å². The minimum atomic E-state index is -1.58. The normalized spacial score (nSPS) is 17.9. The van der Waals surface area contributed by atoms with Crippen LogP contribution in [0, 0.1) is 17.8 Å². The minimum Gasteiger partial charge on any atom is -0.450 e. The largest absolute Gasteiger partial charge is 0.450 e. The van der Waals surface area contributed by atoms with Crippen LogP contribution in [0.4, 0.5) is 0 Å². The van der Waals surface area contributed by atoms with Crippen LogP contribution in [-0.2, 0) is 15.1 Å². The van der Waals surface area contributed by atoms with Gasteiger partial charge >= 0.3 is 5.97 Å². The summed E-state index contributed by atoms with van der Waals surface area (Å²) in [6.07, 6.45) is 4.91. The lowest BCUT2D eigenvalue weighted by Gasteiger charge is -2.36. The number of carbonyl (C=O) groups excluding carboxylic acids is 1. The van der Waals surface area contributed by atoms with Gasteiger partial charge < -0.3 is 15.6 Å². The number of quaternary nitrogens is 1. The monoisotopic (exact) mass is 302 g/mol. The Balaban J connectivity index is 2.22. The van der Waals surface area contributed by atoms with E-state index in [0.29, 0.717) is 12.1 Å². The highest BCUT2D eigenvalue weighted by molar-refractivity contribution is 5.81. The fourth-order valence-corrected chi connectivity index (χ4v) is 3.08. The van der Waals surface area contributed by atoms with Gasteiger partial charge in [0.1, 0.15) is 6.54 Å². The molecule has 0 radical (unpaired) electrons. The average molecular weight is 302 g/mol. The lowest BCUT2D eigenvalue weighted by Crippen LogP contribution is -2.49. The van der Waals surface area contributed by atoms with Crippen molar-refractivity contribution in [2.24, 2.45) is 5.92 Å². The Kier molecular flexibility index (Phi) is 6.00. The van der Waals surface area contributed by atoms with Crippen molar-refractivity contribution in [3.05, 3.63) is 35.9 Å². The van der Waals surface area contributed by atoms with Gasteiger partial charge in [-0.15, -0.1) is 0 Å². The third kappa shape index (κ3) is 3.68. The molecular formula is C18H24NO3+. The van der Waals surface area contributed by atoms with Crippen molar-refractivity contribution >= 4 is 5.97 Å². The summed E-state index contributed by atoms with van der Waals surface area (Å²) in [6, 6.07) is 9.11. The third-order valence-corrected chi connectivity index (χ3v) is 4.25. The molecular weight excluding hydrogens is 278 g/mol. The molecule has 22 heavy (non-hydrogen) atoms. The van der Waals surface area contributed by atoms with Crippen LogP contribution in [0.1, 0.15) is 37.7 Å². The molecule has 0 aliphatic heterocycles. The van der Waals surface area contributed by atoms with E-state index in [0.717, 1.165) is 32.1 Å². The van der Waals surface area contributed by atoms with Gasteiger partial charge in [-0.05, 0) is 24.3 Å². The molecule has 1 aromatic carbocycles. The van der Waals surface area contributed by atoms with E-state index in [1.807, 2.05) is 18.2 Å². The Labute approximate surface area is 131 Å². The molecule has 1 aromatic rings. The number of hydrogen-bond donors (Lipinski definition) is 2. The van der Waals surface area contributed by atoms with Crippen molar-refractivity contribution < 1.29 is 20.4 Å². The summed E-state index contributed by atoms with van der Waals surface area (Å²) >= 11 is 0. The zero-order valence-corrected chi connectivity index (χ0v) is 12.9. The van der Waals surface area contributed by atoms with Crippen LogP contribution in [0.2, 0.25) is 0 Å². The highest BCUT2D eigenvalue weighted by atomic mass is 16.5. The molecule has 0 aromatic heterocycles. The summed E-state index contributed by atoms with van der Waals surface area (Å²) in [6.45, 7) is 0.472. The van der Waals surface area contributed by atoms with Crippen molar-refractivity contribution in [3.63, 3.8) is 0 Å². The molecule has 1 saturated carbocycles. The quantitative estimate of drug-likeness (QED) is 0.649. The topological polar surface area (TPSA) is 74.2 Å². The molecule has 1 fully saturated rings. The molecule has 118 valence electrons. The molecule has 0 bridgehead atoms. The van der Waals surface area contributed by atoms with Crippen LogP contribution in [0.15, 0.2) is 30.3 Å². The van der Waals surface area contributed by atoms with Crippen LogP contribution in [0.25, 0.3) is 0 Å². The molecule has 0 spiro atoms. The van der Waals surface area contributed by atoms with Gasteiger partial charge in [-0.1, -0.05) is 55.5 Å². The molecule has 0 heterocycles. The van der Waals surface area contributed by atoms with Crippen molar-refractivity contribution in [2.75, 3.05) is 13.2 Å². The summed E-state index contributed by atoms with van der Waals surface area (Å²) < 4.78 is 5.23. The zero-order valence-electron chi connectivity index (χ0n) is 12.9. The smallest absolute Gasteiger partial charge is 0.344 e. The lowest BCUT2D eigenvalue weighted by atomic mass is 9.73. The maximum absolute atomic E-state index is 12.6. The van der Waals surface area contributed by atoms with E-state index in [9.17, 15) is 9.90 Å². The van der Waals surface area contributed by atoms with Gasteiger partial charge in [-0.2, -0.15) is 0 Å². The van der Waals surface area contributed by atoms with Gasteiger partial charge in [0, 0.05) is 5.92 Å². The van der Waals surface area contributed by atoms with E-state index in [1.54, 1.807) is 12.1 Å². The Morgan fingerprint density at radius 1 is 1.23 bits per heavy atom. The first-order valence-electron chi connectivity index (χ1n) is 7.89. The summed E-state index contributed by atoms with van der Waals surface area (Å²) in [5, 5.41) is 11.2. The second kappa shape index (κ2) is 7.98. The van der Waals surface area contributed by atoms with E-state index < -0.39 is 11.6 Å². The van der Waals surface area contributed by atoms with Crippen molar-refractivity contribution in [1.29, 1.82) is 0 Å². The Morgan fingerprint density at radius 2 is 1.91 bits per heavy atom. The molecule has 4 nitrogen and oxygen atoms in total. The number of esters is 1. The molecule has 1 atom stereocenters. The lowest BCUT2D eigenvalue weighted by molar-refractivity contribution is -0.349. The summed E-state index contributed by atoms with van der Waals surface area (Å²) in [5.41, 5.74) is 2.64. The summed E-state index contributed by atoms with van der Waals surface area (Å²) in [4.78, 5) is 12.6. The van der Waals surface area contributed by atoms with Crippen molar-refractivity contribution in [3.8, 4) is 11.8 Å². The molecule has 4 heteroatoms. The van der Waals surface area contributed by atoms with Crippen molar-refractivity contribution in [2.45, 2.75) is 37.7 Å². The molecule has 4 N–H and O–H groups in total. The Hall–Kier alpha value is -1.83. The molecule has 2 rings (SSSR count). The molecule has 1 aliphatic carbocycles. The number of carbonyl (C=O) groups is 1. The average Bonchev–Trinajstić information content (AvgIpc) is 2.59. The number of rotatable bonds is 4. The number of aliphatic hydroxyl groups is 1. The van der Waals surface area contributed by atoms with Gasteiger partial charge in [0.25, 0.3) is 0 Å². The molecule has 0 amide bonds. The SMILES string of the molecule is [NH3+]CC#CCOC(=O)C(O)(c1ccccc1)C1CCCCC1. The molecule has 0 saturated heterocycles. The number of ether oxygens (including phenoxy) is 1. The first-order valence-corrected chi connectivity index (χ1v) is 7.89. The minimum absolute atomic E-state index is 0.00375. The Bertz CT molecular complexity index is 540. The number of benzene rings is 1. The van der Waals surface area contributed by atoms with E-state index in [-0.39, 0.29) is 12.5 Å². The second-order valence-corrected chi connectivity index (χ2v) is 5.65. The molecule has 1 unspecified atom stereocenters. The Morgan fingerprint density at radius 3 is 2.55 bits per heavy atom. The maximum atomic E-state index is 12.6. The highest BCUT2D eigenvalue weighted by Gasteiger charge is 2.46.